The van der Waals surface area contributed by atoms with Crippen LogP contribution in [0.3, 0.4) is 0 Å². The van der Waals surface area contributed by atoms with Crippen LogP contribution in [-0.4, -0.2) is 16.3 Å². The lowest BCUT2D eigenvalue weighted by Crippen LogP contribution is -2.39. The van der Waals surface area contributed by atoms with Crippen LogP contribution >= 0.6 is 0 Å². The van der Waals surface area contributed by atoms with Crippen LogP contribution in [0.25, 0.3) is 0 Å². The zero-order chi connectivity index (χ0) is 18.9. The van der Waals surface area contributed by atoms with E-state index in [1.807, 2.05) is 18.2 Å². The zero-order valence-corrected chi connectivity index (χ0v) is 16.6. The summed E-state index contributed by atoms with van der Waals surface area (Å²) >= 11 is 0. The molecule has 2 aromatic carbocycles. The molecule has 0 spiro atoms. The van der Waals surface area contributed by atoms with Crippen molar-refractivity contribution in [3.63, 3.8) is 0 Å². The normalized spacial score (nSPS) is 14.5. The molecule has 1 heterocycles. The second-order valence-corrected chi connectivity index (χ2v) is 8.24. The van der Waals surface area contributed by atoms with Crippen molar-refractivity contribution in [3.05, 3.63) is 64.7 Å². The first-order valence-corrected chi connectivity index (χ1v) is 9.58. The Bertz CT molecular complexity index is 790. The Kier molecular flexibility index (Phi) is 5.19. The van der Waals surface area contributed by atoms with Gasteiger partial charge in [0.2, 0.25) is 0 Å². The Hall–Kier alpha value is -2.13. The third kappa shape index (κ3) is 3.83. The smallest absolute Gasteiger partial charge is 0.255 e. The van der Waals surface area contributed by atoms with Crippen molar-refractivity contribution >= 4 is 11.6 Å². The van der Waals surface area contributed by atoms with Crippen molar-refractivity contribution in [1.82, 2.24) is 4.90 Å². The first-order valence-electron chi connectivity index (χ1n) is 9.58. The fourth-order valence-electron chi connectivity index (χ4n) is 3.34. The Morgan fingerprint density at radius 2 is 1.73 bits per heavy atom. The van der Waals surface area contributed by atoms with E-state index in [1.54, 1.807) is 0 Å². The highest BCUT2D eigenvalue weighted by Crippen LogP contribution is 2.31. The number of hydrogen-bond donors (Lipinski definition) is 1. The Morgan fingerprint density at radius 3 is 2.35 bits per heavy atom. The van der Waals surface area contributed by atoms with Gasteiger partial charge in [-0.25, -0.2) is 0 Å². The maximum atomic E-state index is 12.6. The quantitative estimate of drug-likeness (QED) is 0.765. The van der Waals surface area contributed by atoms with Crippen LogP contribution in [0.15, 0.2) is 42.5 Å². The van der Waals surface area contributed by atoms with Gasteiger partial charge in [0.15, 0.2) is 0 Å². The van der Waals surface area contributed by atoms with Crippen LogP contribution in [0.4, 0.5) is 5.69 Å². The Morgan fingerprint density at radius 1 is 1.08 bits per heavy atom. The molecule has 1 N–H and O–H groups in total. The van der Waals surface area contributed by atoms with E-state index in [2.05, 4.69) is 69.1 Å². The van der Waals surface area contributed by atoms with Gasteiger partial charge in [0.1, 0.15) is 0 Å². The van der Waals surface area contributed by atoms with Crippen LogP contribution in [0, 0.1) is 0 Å². The fourth-order valence-corrected chi connectivity index (χ4v) is 3.34. The van der Waals surface area contributed by atoms with E-state index in [-0.39, 0.29) is 11.4 Å². The molecule has 0 unspecified atom stereocenters. The lowest BCUT2D eigenvalue weighted by atomic mass is 10.00. The second-order valence-electron chi connectivity index (χ2n) is 8.24. The summed E-state index contributed by atoms with van der Waals surface area (Å²) in [5, 5.41) is 3.02. The maximum absolute atomic E-state index is 12.6. The molecule has 0 aliphatic carbocycles. The van der Waals surface area contributed by atoms with Gasteiger partial charge >= 0.3 is 0 Å². The molecule has 0 radical (unpaired) electrons. The van der Waals surface area contributed by atoms with Gasteiger partial charge in [-0.05, 0) is 67.1 Å². The molecular formula is C23H30N2O. The van der Waals surface area contributed by atoms with Gasteiger partial charge in [0, 0.05) is 29.9 Å². The second kappa shape index (κ2) is 7.24. The number of amides is 1. The standard InChI is InChI=1S/C23H30N2O/c1-6-23(4,5)25-14-19-8-7-18(13-20(19)15-25)22(26)24-21-11-9-17(10-12-21)16(2)3/h7-13,16H,6,14-15H2,1-5H3,(H,24,26). The van der Waals surface area contributed by atoms with E-state index in [0.717, 1.165) is 30.8 Å². The number of carbonyl (C=O) groups excluding carboxylic acids is 1. The number of anilines is 1. The third-order valence-corrected chi connectivity index (χ3v) is 5.75. The highest BCUT2D eigenvalue weighted by molar-refractivity contribution is 6.04. The number of benzene rings is 2. The topological polar surface area (TPSA) is 32.3 Å². The van der Waals surface area contributed by atoms with E-state index >= 15 is 0 Å². The van der Waals surface area contributed by atoms with Gasteiger partial charge < -0.3 is 5.32 Å². The predicted molar refractivity (Wildman–Crippen MR) is 109 cm³/mol. The third-order valence-electron chi connectivity index (χ3n) is 5.75. The molecule has 0 fully saturated rings. The predicted octanol–water partition coefficient (Wildman–Crippen LogP) is 5.57. The van der Waals surface area contributed by atoms with Crippen LogP contribution in [0.2, 0.25) is 0 Å². The van der Waals surface area contributed by atoms with Crippen LogP contribution in [-0.2, 0) is 13.1 Å². The van der Waals surface area contributed by atoms with E-state index < -0.39 is 0 Å². The number of rotatable bonds is 5. The van der Waals surface area contributed by atoms with E-state index in [4.69, 9.17) is 0 Å². The lowest BCUT2D eigenvalue weighted by molar-refractivity contribution is 0.102. The molecule has 0 bridgehead atoms. The molecular weight excluding hydrogens is 320 g/mol. The minimum absolute atomic E-state index is 0.0432. The van der Waals surface area contributed by atoms with Gasteiger partial charge in [-0.15, -0.1) is 0 Å². The highest BCUT2D eigenvalue weighted by atomic mass is 16.1. The summed E-state index contributed by atoms with van der Waals surface area (Å²) in [6.07, 6.45) is 1.11. The van der Waals surface area contributed by atoms with Crippen molar-refractivity contribution in [2.75, 3.05) is 5.32 Å². The van der Waals surface area contributed by atoms with E-state index in [0.29, 0.717) is 5.92 Å². The summed E-state index contributed by atoms with van der Waals surface area (Å²) in [5.74, 6) is 0.449. The summed E-state index contributed by atoms with van der Waals surface area (Å²) in [4.78, 5) is 15.1. The van der Waals surface area contributed by atoms with Crippen molar-refractivity contribution < 1.29 is 4.79 Å². The molecule has 0 saturated carbocycles. The monoisotopic (exact) mass is 350 g/mol. The number of fused-ring (bicyclic) bond motifs is 1. The maximum Gasteiger partial charge on any atom is 0.255 e. The van der Waals surface area contributed by atoms with Gasteiger partial charge in [0.25, 0.3) is 5.91 Å². The largest absolute Gasteiger partial charge is 0.322 e. The van der Waals surface area contributed by atoms with Gasteiger partial charge in [0.05, 0.1) is 0 Å². The summed E-state index contributed by atoms with van der Waals surface area (Å²) in [6, 6.07) is 14.2. The molecule has 0 atom stereocenters. The fraction of sp³-hybridized carbons (Fsp3) is 0.435. The minimum Gasteiger partial charge on any atom is -0.322 e. The zero-order valence-electron chi connectivity index (χ0n) is 16.6. The number of nitrogens with one attached hydrogen (secondary N) is 1. The number of nitrogens with zero attached hydrogens (tertiary/aromatic N) is 1. The first kappa shape index (κ1) is 18.7. The van der Waals surface area contributed by atoms with E-state index in [9.17, 15) is 4.79 Å². The molecule has 1 amide bonds. The summed E-state index contributed by atoms with van der Waals surface area (Å²) in [7, 11) is 0. The molecule has 138 valence electrons. The molecule has 0 aromatic heterocycles. The van der Waals surface area contributed by atoms with Crippen LogP contribution in [0.1, 0.15) is 74.0 Å². The Balaban J connectivity index is 1.72. The molecule has 0 saturated heterocycles. The highest BCUT2D eigenvalue weighted by Gasteiger charge is 2.30. The average molecular weight is 351 g/mol. The summed E-state index contributed by atoms with van der Waals surface area (Å²) in [5.41, 5.74) is 5.64. The number of hydrogen-bond acceptors (Lipinski definition) is 2. The molecule has 1 aliphatic rings. The van der Waals surface area contributed by atoms with Crippen molar-refractivity contribution in [1.29, 1.82) is 0 Å². The van der Waals surface area contributed by atoms with Gasteiger partial charge in [-0.3, -0.25) is 9.69 Å². The average Bonchev–Trinajstić information content (AvgIpc) is 3.06. The molecule has 3 heteroatoms. The molecule has 1 aliphatic heterocycles. The molecule has 26 heavy (non-hydrogen) atoms. The Labute approximate surface area is 157 Å². The molecule has 2 aromatic rings. The number of carbonyl (C=O) groups is 1. The van der Waals surface area contributed by atoms with Crippen LogP contribution < -0.4 is 5.32 Å². The SMILES string of the molecule is CCC(C)(C)N1Cc2ccc(C(=O)Nc3ccc(C(C)C)cc3)cc2C1. The van der Waals surface area contributed by atoms with Crippen molar-refractivity contribution in [2.24, 2.45) is 0 Å². The molecule has 3 nitrogen and oxygen atoms in total. The minimum atomic E-state index is -0.0432. The summed E-state index contributed by atoms with van der Waals surface area (Å²) in [6.45, 7) is 13.0. The van der Waals surface area contributed by atoms with Gasteiger partial charge in [-0.2, -0.15) is 0 Å². The lowest BCUT2D eigenvalue weighted by Gasteiger charge is -2.34. The van der Waals surface area contributed by atoms with Crippen molar-refractivity contribution in [2.45, 2.75) is 65.6 Å². The molecule has 3 rings (SSSR count). The first-order chi connectivity index (χ1) is 12.3. The van der Waals surface area contributed by atoms with Crippen molar-refractivity contribution in [3.8, 4) is 0 Å². The van der Waals surface area contributed by atoms with Gasteiger partial charge in [-0.1, -0.05) is 39.0 Å². The summed E-state index contributed by atoms with van der Waals surface area (Å²) < 4.78 is 0. The van der Waals surface area contributed by atoms with E-state index in [1.165, 1.54) is 16.7 Å². The van der Waals surface area contributed by atoms with Crippen LogP contribution in [0.5, 0.6) is 0 Å².